The monoisotopic (exact) mass is 256 g/mol. The van der Waals surface area contributed by atoms with Crippen LogP contribution in [0.5, 0.6) is 0 Å². The molecule has 2 fully saturated rings. The Hall–Kier alpha value is -0.160. The van der Waals surface area contributed by atoms with E-state index in [1.54, 1.807) is 0 Å². The van der Waals surface area contributed by atoms with E-state index in [-0.39, 0.29) is 0 Å². The zero-order valence-electron chi connectivity index (χ0n) is 13.0. The van der Waals surface area contributed by atoms with Gasteiger partial charge in [0.1, 0.15) is 0 Å². The number of hydrogen-bond donors (Lipinski definition) is 0. The van der Waals surface area contributed by atoms with Gasteiger partial charge in [0, 0.05) is 51.9 Å². The highest BCUT2D eigenvalue weighted by Gasteiger charge is 2.16. The van der Waals surface area contributed by atoms with Gasteiger partial charge in [0.15, 0.2) is 0 Å². The van der Waals surface area contributed by atoms with Gasteiger partial charge in [-0.1, -0.05) is 6.92 Å². The van der Waals surface area contributed by atoms with Crippen LogP contribution in [0.2, 0.25) is 0 Å². The summed E-state index contributed by atoms with van der Waals surface area (Å²) in [6, 6.07) is 0.740. The molecule has 0 unspecified atom stereocenters. The van der Waals surface area contributed by atoms with Gasteiger partial charge in [0.25, 0.3) is 0 Å². The Balaban J connectivity index is 0.000000180. The van der Waals surface area contributed by atoms with Gasteiger partial charge < -0.3 is 19.6 Å². The van der Waals surface area contributed by atoms with Crippen LogP contribution in [0.4, 0.5) is 0 Å². The molecule has 108 valence electrons. The molecule has 0 N–H and O–H groups in total. The molecule has 0 aromatic rings. The molecular formula is C14H32N4. The van der Waals surface area contributed by atoms with Crippen molar-refractivity contribution in [2.24, 2.45) is 0 Å². The minimum Gasteiger partial charge on any atom is -0.304 e. The Kier molecular flexibility index (Phi) is 7.15. The second-order valence-electron chi connectivity index (χ2n) is 5.83. The summed E-state index contributed by atoms with van der Waals surface area (Å²) in [4.78, 5) is 9.65. The molecule has 0 amide bonds. The maximum absolute atomic E-state index is 2.49. The van der Waals surface area contributed by atoms with Crippen LogP contribution in [0.3, 0.4) is 0 Å². The molecule has 4 nitrogen and oxygen atoms in total. The molecule has 2 heterocycles. The van der Waals surface area contributed by atoms with Crippen molar-refractivity contribution in [1.29, 1.82) is 0 Å². The lowest BCUT2D eigenvalue weighted by Crippen LogP contribution is -2.48. The summed E-state index contributed by atoms with van der Waals surface area (Å²) in [7, 11) is 6.56. The summed E-state index contributed by atoms with van der Waals surface area (Å²) in [5.41, 5.74) is 0. The van der Waals surface area contributed by atoms with Crippen LogP contribution in [0.25, 0.3) is 0 Å². The number of nitrogens with zero attached hydrogens (tertiary/aromatic N) is 4. The van der Waals surface area contributed by atoms with E-state index in [4.69, 9.17) is 0 Å². The first-order valence-electron chi connectivity index (χ1n) is 7.32. The van der Waals surface area contributed by atoms with Crippen molar-refractivity contribution in [3.8, 4) is 0 Å². The van der Waals surface area contributed by atoms with Gasteiger partial charge >= 0.3 is 0 Å². The third-order valence-corrected chi connectivity index (χ3v) is 4.21. The molecule has 2 rings (SSSR count). The molecule has 0 bridgehead atoms. The normalized spacial score (nSPS) is 28.8. The molecule has 0 spiro atoms. The molecule has 0 aromatic carbocycles. The summed E-state index contributed by atoms with van der Waals surface area (Å²) in [6.45, 7) is 14.4. The highest BCUT2D eigenvalue weighted by molar-refractivity contribution is 4.73. The van der Waals surface area contributed by atoms with Crippen molar-refractivity contribution in [2.75, 3.05) is 73.5 Å². The molecule has 2 saturated heterocycles. The summed E-state index contributed by atoms with van der Waals surface area (Å²) in [6.07, 6.45) is 0. The molecule has 0 saturated carbocycles. The lowest BCUT2D eigenvalue weighted by atomic mass is 10.2. The van der Waals surface area contributed by atoms with Crippen molar-refractivity contribution >= 4 is 0 Å². The molecule has 18 heavy (non-hydrogen) atoms. The van der Waals surface area contributed by atoms with Crippen LogP contribution in [0.1, 0.15) is 13.8 Å². The topological polar surface area (TPSA) is 13.0 Å². The van der Waals surface area contributed by atoms with E-state index in [2.05, 4.69) is 54.6 Å². The minimum atomic E-state index is 0.740. The maximum atomic E-state index is 2.49. The lowest BCUT2D eigenvalue weighted by Gasteiger charge is -2.35. The summed E-state index contributed by atoms with van der Waals surface area (Å²) in [5, 5.41) is 0. The average Bonchev–Trinajstić information content (AvgIpc) is 2.36. The molecule has 2 aliphatic rings. The maximum Gasteiger partial charge on any atom is 0.0192 e. The molecule has 2 aliphatic heterocycles. The van der Waals surface area contributed by atoms with Crippen molar-refractivity contribution in [3.05, 3.63) is 0 Å². The smallest absolute Gasteiger partial charge is 0.0192 e. The van der Waals surface area contributed by atoms with Gasteiger partial charge in [-0.2, -0.15) is 0 Å². The Morgan fingerprint density at radius 2 is 1.39 bits per heavy atom. The first-order valence-corrected chi connectivity index (χ1v) is 7.32. The Bertz CT molecular complexity index is 211. The van der Waals surface area contributed by atoms with Crippen molar-refractivity contribution in [3.63, 3.8) is 0 Å². The van der Waals surface area contributed by atoms with Crippen LogP contribution >= 0.6 is 0 Å². The van der Waals surface area contributed by atoms with E-state index in [9.17, 15) is 0 Å². The Morgan fingerprint density at radius 1 is 0.833 bits per heavy atom. The zero-order valence-corrected chi connectivity index (χ0v) is 13.0. The minimum absolute atomic E-state index is 0.740. The highest BCUT2D eigenvalue weighted by atomic mass is 15.3. The standard InChI is InChI=1S/2C7H16N2/c1-7-6-8(2)4-5-9(7)3;1-3-9-6-4-8(2)5-7-9/h7H,4-6H2,1-3H3;3-7H2,1-2H3/t7-;/m0./s1. The quantitative estimate of drug-likeness (QED) is 0.677. The van der Waals surface area contributed by atoms with Gasteiger partial charge in [-0.3, -0.25) is 0 Å². The first kappa shape index (κ1) is 15.9. The fourth-order valence-electron chi connectivity index (χ4n) is 2.39. The summed E-state index contributed by atoms with van der Waals surface area (Å²) in [5.74, 6) is 0. The fourth-order valence-corrected chi connectivity index (χ4v) is 2.39. The van der Waals surface area contributed by atoms with E-state index < -0.39 is 0 Å². The van der Waals surface area contributed by atoms with Gasteiger partial charge in [-0.15, -0.1) is 0 Å². The van der Waals surface area contributed by atoms with E-state index in [1.807, 2.05) is 0 Å². The van der Waals surface area contributed by atoms with Crippen LogP contribution in [0.15, 0.2) is 0 Å². The predicted octanol–water partition coefficient (Wildman–Crippen LogP) is 0.506. The third kappa shape index (κ3) is 5.65. The SMILES string of the molecule is CCN1CCN(C)CC1.C[C@H]1CN(C)CCN1C. The fraction of sp³-hybridized carbons (Fsp3) is 1.00. The highest BCUT2D eigenvalue weighted by Crippen LogP contribution is 2.03. The largest absolute Gasteiger partial charge is 0.304 e. The number of hydrogen-bond acceptors (Lipinski definition) is 4. The summed E-state index contributed by atoms with van der Waals surface area (Å²) < 4.78 is 0. The van der Waals surface area contributed by atoms with E-state index in [0.29, 0.717) is 0 Å². The molecule has 0 radical (unpaired) electrons. The second kappa shape index (κ2) is 8.10. The van der Waals surface area contributed by atoms with Crippen LogP contribution < -0.4 is 0 Å². The first-order chi connectivity index (χ1) is 8.52. The van der Waals surface area contributed by atoms with Crippen molar-refractivity contribution in [1.82, 2.24) is 19.6 Å². The van der Waals surface area contributed by atoms with E-state index in [0.717, 1.165) is 6.04 Å². The average molecular weight is 256 g/mol. The Morgan fingerprint density at radius 3 is 1.83 bits per heavy atom. The summed E-state index contributed by atoms with van der Waals surface area (Å²) >= 11 is 0. The third-order valence-electron chi connectivity index (χ3n) is 4.21. The van der Waals surface area contributed by atoms with Crippen LogP contribution in [-0.4, -0.2) is 99.1 Å². The van der Waals surface area contributed by atoms with Gasteiger partial charge in [-0.25, -0.2) is 0 Å². The van der Waals surface area contributed by atoms with Crippen LogP contribution in [0, 0.1) is 0 Å². The predicted molar refractivity (Wildman–Crippen MR) is 79.2 cm³/mol. The van der Waals surface area contributed by atoms with E-state index >= 15 is 0 Å². The Labute approximate surface area is 114 Å². The molecule has 0 aliphatic carbocycles. The van der Waals surface area contributed by atoms with Crippen molar-refractivity contribution < 1.29 is 0 Å². The zero-order chi connectivity index (χ0) is 13.5. The number of rotatable bonds is 1. The van der Waals surface area contributed by atoms with Gasteiger partial charge in [0.05, 0.1) is 0 Å². The molecule has 1 atom stereocenters. The number of piperazine rings is 2. The van der Waals surface area contributed by atoms with Crippen LogP contribution in [-0.2, 0) is 0 Å². The van der Waals surface area contributed by atoms with E-state index in [1.165, 1.54) is 52.4 Å². The second-order valence-corrected chi connectivity index (χ2v) is 5.83. The molecule has 4 heteroatoms. The number of likely N-dealkylation sites (N-methyl/N-ethyl adjacent to an activating group) is 4. The lowest BCUT2D eigenvalue weighted by molar-refractivity contribution is 0.125. The van der Waals surface area contributed by atoms with Gasteiger partial charge in [0.2, 0.25) is 0 Å². The molecular weight excluding hydrogens is 224 g/mol. The van der Waals surface area contributed by atoms with Gasteiger partial charge in [-0.05, 0) is 34.6 Å². The molecule has 0 aromatic heterocycles. The van der Waals surface area contributed by atoms with Crippen molar-refractivity contribution in [2.45, 2.75) is 19.9 Å².